The molecule has 0 aliphatic rings. The molecule has 0 fully saturated rings. The summed E-state index contributed by atoms with van der Waals surface area (Å²) in [6, 6.07) is 5.09. The van der Waals surface area contributed by atoms with Crippen molar-refractivity contribution in [2.45, 2.75) is 25.9 Å². The average molecular weight is 362 g/mol. The van der Waals surface area contributed by atoms with Gasteiger partial charge in [-0.3, -0.25) is 9.36 Å². The number of amides is 1. The number of rotatable bonds is 6. The average Bonchev–Trinajstić information content (AvgIpc) is 2.94. The fraction of sp³-hybridized carbons (Fsp3) is 0.333. The number of hydrogen-bond donors (Lipinski definition) is 0. The Bertz CT molecular complexity index is 691. The van der Waals surface area contributed by atoms with Crippen LogP contribution in [-0.2, 0) is 17.8 Å². The van der Waals surface area contributed by atoms with Crippen LogP contribution in [0.1, 0.15) is 24.4 Å². The number of halogens is 4. The third kappa shape index (κ3) is 4.65. The van der Waals surface area contributed by atoms with Crippen LogP contribution in [-0.4, -0.2) is 27.4 Å². The van der Waals surface area contributed by atoms with Crippen molar-refractivity contribution >= 4 is 29.1 Å². The molecule has 1 heterocycles. The van der Waals surface area contributed by atoms with E-state index in [-0.39, 0.29) is 24.7 Å². The van der Waals surface area contributed by atoms with Crippen LogP contribution in [0.25, 0.3) is 0 Å². The fourth-order valence-electron chi connectivity index (χ4n) is 2.10. The molecule has 0 unspecified atom stereocenters. The molecule has 124 valence electrons. The molecule has 1 aromatic carbocycles. The predicted octanol–water partition coefficient (Wildman–Crippen LogP) is 4.18. The second-order valence-electron chi connectivity index (χ2n) is 5.01. The van der Waals surface area contributed by atoms with Crippen LogP contribution >= 0.6 is 23.2 Å². The first-order valence-electron chi connectivity index (χ1n) is 6.86. The lowest BCUT2D eigenvalue weighted by molar-refractivity contribution is -0.130. The number of nitrogens with zero attached hydrogens (tertiary/aromatic N) is 3. The number of carbonyl (C=O) groups excluding carboxylic acids is 1. The van der Waals surface area contributed by atoms with E-state index in [1.165, 1.54) is 17.3 Å². The van der Waals surface area contributed by atoms with Crippen LogP contribution in [0, 0.1) is 0 Å². The molecule has 0 radical (unpaired) electrons. The highest BCUT2D eigenvalue weighted by Gasteiger charge is 2.16. The van der Waals surface area contributed by atoms with Crippen LogP contribution < -0.4 is 0 Å². The van der Waals surface area contributed by atoms with Gasteiger partial charge in [-0.15, -0.1) is 0 Å². The fourth-order valence-corrected chi connectivity index (χ4v) is 2.60. The molecule has 8 heteroatoms. The predicted molar refractivity (Wildman–Crippen MR) is 84.7 cm³/mol. The number of carbonyl (C=O) groups is 1. The van der Waals surface area contributed by atoms with E-state index >= 15 is 0 Å². The molecule has 2 aromatic rings. The van der Waals surface area contributed by atoms with Gasteiger partial charge in [0.05, 0.1) is 6.54 Å². The minimum absolute atomic E-state index is 0.0184. The Morgan fingerprint density at radius 1 is 1.39 bits per heavy atom. The summed E-state index contributed by atoms with van der Waals surface area (Å²) in [5, 5.41) is 1.03. The topological polar surface area (TPSA) is 38.1 Å². The molecule has 2 rings (SSSR count). The molecule has 23 heavy (non-hydrogen) atoms. The number of aromatic nitrogens is 2. The van der Waals surface area contributed by atoms with Crippen molar-refractivity contribution in [3.8, 4) is 0 Å². The highest BCUT2D eigenvalue weighted by atomic mass is 35.5. The lowest BCUT2D eigenvalue weighted by Crippen LogP contribution is -2.28. The quantitative estimate of drug-likeness (QED) is 0.773. The summed E-state index contributed by atoms with van der Waals surface area (Å²) in [4.78, 5) is 17.4. The lowest BCUT2D eigenvalue weighted by atomic mass is 10.1. The van der Waals surface area contributed by atoms with Crippen molar-refractivity contribution in [2.24, 2.45) is 0 Å². The van der Waals surface area contributed by atoms with Gasteiger partial charge >= 0.3 is 6.55 Å². The molecular weight excluding hydrogens is 347 g/mol. The summed E-state index contributed by atoms with van der Waals surface area (Å²) >= 11 is 11.9. The van der Waals surface area contributed by atoms with Gasteiger partial charge in [0.15, 0.2) is 0 Å². The molecule has 0 bridgehead atoms. The second-order valence-corrected chi connectivity index (χ2v) is 5.86. The van der Waals surface area contributed by atoms with Gasteiger partial charge in [-0.2, -0.15) is 8.78 Å². The van der Waals surface area contributed by atoms with Crippen molar-refractivity contribution in [2.75, 3.05) is 7.05 Å². The highest BCUT2D eigenvalue weighted by Crippen LogP contribution is 2.22. The Labute approximate surface area is 142 Å². The molecule has 0 atom stereocenters. The number of benzene rings is 1. The van der Waals surface area contributed by atoms with Gasteiger partial charge in [0.25, 0.3) is 0 Å². The first-order chi connectivity index (χ1) is 10.9. The third-order valence-electron chi connectivity index (χ3n) is 3.39. The van der Waals surface area contributed by atoms with Crippen molar-refractivity contribution in [1.82, 2.24) is 14.5 Å². The summed E-state index contributed by atoms with van der Waals surface area (Å²) in [7, 11) is 1.55. The van der Waals surface area contributed by atoms with Gasteiger partial charge in [-0.1, -0.05) is 29.3 Å². The zero-order valence-electron chi connectivity index (χ0n) is 12.3. The van der Waals surface area contributed by atoms with E-state index in [4.69, 9.17) is 23.2 Å². The van der Waals surface area contributed by atoms with E-state index in [1.807, 2.05) is 0 Å². The van der Waals surface area contributed by atoms with Gasteiger partial charge in [-0.25, -0.2) is 4.98 Å². The van der Waals surface area contributed by atoms with Crippen LogP contribution in [0.3, 0.4) is 0 Å². The lowest BCUT2D eigenvalue weighted by Gasteiger charge is -2.17. The van der Waals surface area contributed by atoms with Gasteiger partial charge in [0.1, 0.15) is 5.82 Å². The van der Waals surface area contributed by atoms with Gasteiger partial charge in [0.2, 0.25) is 5.91 Å². The van der Waals surface area contributed by atoms with Crippen molar-refractivity contribution in [3.63, 3.8) is 0 Å². The highest BCUT2D eigenvalue weighted by molar-refractivity contribution is 6.35. The van der Waals surface area contributed by atoms with Gasteiger partial charge < -0.3 is 4.90 Å². The van der Waals surface area contributed by atoms with Crippen molar-refractivity contribution in [1.29, 1.82) is 0 Å². The number of hydrogen-bond acceptors (Lipinski definition) is 2. The molecule has 0 saturated carbocycles. The van der Waals surface area contributed by atoms with E-state index < -0.39 is 6.55 Å². The Balaban J connectivity index is 1.93. The summed E-state index contributed by atoms with van der Waals surface area (Å²) in [5.74, 6) is -0.0415. The second kappa shape index (κ2) is 7.75. The molecule has 0 spiro atoms. The summed E-state index contributed by atoms with van der Waals surface area (Å²) < 4.78 is 26.2. The first kappa shape index (κ1) is 17.7. The normalized spacial score (nSPS) is 11.0. The monoisotopic (exact) mass is 361 g/mol. The van der Waals surface area contributed by atoms with Gasteiger partial charge in [0, 0.05) is 35.9 Å². The Morgan fingerprint density at radius 3 is 2.78 bits per heavy atom. The molecule has 4 nitrogen and oxygen atoms in total. The molecule has 0 saturated heterocycles. The third-order valence-corrected chi connectivity index (χ3v) is 3.97. The maximum Gasteiger partial charge on any atom is 0.319 e. The van der Waals surface area contributed by atoms with Crippen LogP contribution in [0.4, 0.5) is 8.78 Å². The minimum Gasteiger partial charge on any atom is -0.338 e. The Morgan fingerprint density at radius 2 is 2.13 bits per heavy atom. The van der Waals surface area contributed by atoms with Gasteiger partial charge in [-0.05, 0) is 24.1 Å². The van der Waals surface area contributed by atoms with Crippen LogP contribution in [0.5, 0.6) is 0 Å². The summed E-state index contributed by atoms with van der Waals surface area (Å²) in [5.41, 5.74) is 0.812. The summed E-state index contributed by atoms with van der Waals surface area (Å²) in [6.45, 7) is -2.66. The standard InChI is InChI=1S/C15H15Cl2F2N3O/c1-21(9-13-20-6-7-22(13)15(18)19)14(23)5-3-10-2-4-11(16)8-12(10)17/h2,4,6-8,15H,3,5,9H2,1H3. The van der Waals surface area contributed by atoms with E-state index in [1.54, 1.807) is 25.2 Å². The van der Waals surface area contributed by atoms with Crippen molar-refractivity contribution < 1.29 is 13.6 Å². The molecule has 1 aromatic heterocycles. The van der Waals surface area contributed by atoms with Crippen molar-refractivity contribution in [3.05, 3.63) is 52.0 Å². The van der Waals surface area contributed by atoms with E-state index in [2.05, 4.69) is 4.98 Å². The summed E-state index contributed by atoms with van der Waals surface area (Å²) in [6.07, 6.45) is 3.13. The largest absolute Gasteiger partial charge is 0.338 e. The maximum atomic E-state index is 12.8. The minimum atomic E-state index is -2.68. The van der Waals surface area contributed by atoms with Crippen LogP contribution in [0.15, 0.2) is 30.6 Å². The molecule has 0 aliphatic heterocycles. The zero-order valence-corrected chi connectivity index (χ0v) is 13.9. The van der Waals surface area contributed by atoms with Crippen LogP contribution in [0.2, 0.25) is 10.0 Å². The molecule has 0 N–H and O–H groups in total. The maximum absolute atomic E-state index is 12.8. The Hall–Kier alpha value is -1.66. The SMILES string of the molecule is CN(Cc1nccn1C(F)F)C(=O)CCc1ccc(Cl)cc1Cl. The zero-order chi connectivity index (χ0) is 17.0. The van der Waals surface area contributed by atoms with E-state index in [9.17, 15) is 13.6 Å². The Kier molecular flexibility index (Phi) is 5.96. The number of alkyl halides is 2. The molecule has 1 amide bonds. The molecular formula is C15H15Cl2F2N3O. The number of aryl methyl sites for hydroxylation is 1. The first-order valence-corrected chi connectivity index (χ1v) is 7.62. The van der Waals surface area contributed by atoms with E-state index in [0.29, 0.717) is 16.5 Å². The van der Waals surface area contributed by atoms with E-state index in [0.717, 1.165) is 10.1 Å². The smallest absolute Gasteiger partial charge is 0.319 e. The number of imidazole rings is 1. The molecule has 0 aliphatic carbocycles.